The maximum atomic E-state index is 10.9. The largest absolute Gasteiger partial charge is 0.477 e. The normalized spacial score (nSPS) is 23.8. The fraction of sp³-hybridized carbons (Fsp3) is 0.571. The molecule has 1 aromatic heterocycles. The summed E-state index contributed by atoms with van der Waals surface area (Å²) in [4.78, 5) is 17.4. The number of nitrogens with one attached hydrogen (secondary N) is 1. The zero-order chi connectivity index (χ0) is 14.0. The molecule has 1 aliphatic heterocycles. The van der Waals surface area contributed by atoms with Crippen LogP contribution >= 0.6 is 0 Å². The maximum absolute atomic E-state index is 10.9. The highest BCUT2D eigenvalue weighted by Crippen LogP contribution is 2.21. The molecule has 0 spiro atoms. The van der Waals surface area contributed by atoms with Crippen molar-refractivity contribution in [3.8, 4) is 0 Å². The molecule has 2 atom stereocenters. The van der Waals surface area contributed by atoms with Gasteiger partial charge in [0.15, 0.2) is 5.69 Å². The second-order valence-corrected chi connectivity index (χ2v) is 5.49. The summed E-state index contributed by atoms with van der Waals surface area (Å²) < 4.78 is 0. The number of hydrogen-bond acceptors (Lipinski definition) is 4. The van der Waals surface area contributed by atoms with Crippen molar-refractivity contribution < 1.29 is 9.90 Å². The van der Waals surface area contributed by atoms with E-state index in [2.05, 4.69) is 36.0 Å². The van der Waals surface area contributed by atoms with E-state index in [1.807, 2.05) is 6.07 Å². The summed E-state index contributed by atoms with van der Waals surface area (Å²) in [6.45, 7) is 8.63. The molecule has 0 unspecified atom stereocenters. The Morgan fingerprint density at radius 2 is 2.21 bits per heavy atom. The Bertz CT molecular complexity index is 462. The number of carboxylic acid groups (broad SMARTS) is 1. The Kier molecular flexibility index (Phi) is 4.04. The van der Waals surface area contributed by atoms with Crippen molar-refractivity contribution in [2.75, 3.05) is 18.4 Å². The van der Waals surface area contributed by atoms with Crippen LogP contribution in [0.25, 0.3) is 0 Å². The molecule has 1 aromatic rings. The van der Waals surface area contributed by atoms with E-state index in [9.17, 15) is 4.79 Å². The van der Waals surface area contributed by atoms with Crippen LogP contribution in [0, 0.1) is 5.92 Å². The molecule has 5 nitrogen and oxygen atoms in total. The number of anilines is 1. The zero-order valence-electron chi connectivity index (χ0n) is 11.6. The van der Waals surface area contributed by atoms with Gasteiger partial charge in [0.2, 0.25) is 0 Å². The average molecular weight is 263 g/mol. The van der Waals surface area contributed by atoms with Crippen molar-refractivity contribution >= 4 is 11.8 Å². The van der Waals surface area contributed by atoms with Gasteiger partial charge in [-0.2, -0.15) is 0 Å². The van der Waals surface area contributed by atoms with Gasteiger partial charge in [-0.05, 0) is 31.9 Å². The zero-order valence-corrected chi connectivity index (χ0v) is 11.6. The monoisotopic (exact) mass is 263 g/mol. The van der Waals surface area contributed by atoms with Crippen molar-refractivity contribution in [2.45, 2.75) is 32.9 Å². The SMILES string of the molecule is CC(C)N1C[C@@H](C)[C@H](Nc2cccc(C(=O)O)n2)C1. The number of likely N-dealkylation sites (tertiary alicyclic amines) is 1. The Labute approximate surface area is 113 Å². The van der Waals surface area contributed by atoms with E-state index >= 15 is 0 Å². The first-order valence-electron chi connectivity index (χ1n) is 6.68. The molecular formula is C14H21N3O2. The topological polar surface area (TPSA) is 65.5 Å². The molecule has 0 saturated carbocycles. The summed E-state index contributed by atoms with van der Waals surface area (Å²) in [6.07, 6.45) is 0. The van der Waals surface area contributed by atoms with Crippen LogP contribution in [0.1, 0.15) is 31.3 Å². The summed E-state index contributed by atoms with van der Waals surface area (Å²) in [7, 11) is 0. The van der Waals surface area contributed by atoms with E-state index in [1.165, 1.54) is 6.07 Å². The van der Waals surface area contributed by atoms with Crippen LogP contribution in [0.4, 0.5) is 5.82 Å². The molecule has 1 fully saturated rings. The first-order valence-corrected chi connectivity index (χ1v) is 6.68. The highest BCUT2D eigenvalue weighted by molar-refractivity contribution is 5.85. The molecule has 2 N–H and O–H groups in total. The van der Waals surface area contributed by atoms with Gasteiger partial charge in [-0.3, -0.25) is 4.90 Å². The van der Waals surface area contributed by atoms with Gasteiger partial charge in [-0.1, -0.05) is 13.0 Å². The molecule has 5 heteroatoms. The number of carbonyl (C=O) groups is 1. The molecule has 19 heavy (non-hydrogen) atoms. The average Bonchev–Trinajstić information content (AvgIpc) is 2.71. The summed E-state index contributed by atoms with van der Waals surface area (Å²) >= 11 is 0. The van der Waals surface area contributed by atoms with E-state index in [4.69, 9.17) is 5.11 Å². The molecule has 0 aliphatic carbocycles. The van der Waals surface area contributed by atoms with Gasteiger partial charge in [0.25, 0.3) is 0 Å². The Hall–Kier alpha value is -1.62. The second kappa shape index (κ2) is 5.57. The van der Waals surface area contributed by atoms with Crippen LogP contribution in [0.3, 0.4) is 0 Å². The number of hydrogen-bond donors (Lipinski definition) is 2. The van der Waals surface area contributed by atoms with Gasteiger partial charge < -0.3 is 10.4 Å². The summed E-state index contributed by atoms with van der Waals surface area (Å²) in [5, 5.41) is 12.3. The van der Waals surface area contributed by atoms with Crippen LogP contribution in [0.15, 0.2) is 18.2 Å². The Morgan fingerprint density at radius 1 is 1.47 bits per heavy atom. The van der Waals surface area contributed by atoms with E-state index in [0.29, 0.717) is 23.8 Å². The summed E-state index contributed by atoms with van der Waals surface area (Å²) in [6, 6.07) is 5.90. The van der Waals surface area contributed by atoms with Crippen LogP contribution in [-0.2, 0) is 0 Å². The Balaban J connectivity index is 2.05. The molecular weight excluding hydrogens is 242 g/mol. The molecule has 1 saturated heterocycles. The van der Waals surface area contributed by atoms with E-state index in [0.717, 1.165) is 13.1 Å². The number of rotatable bonds is 4. The van der Waals surface area contributed by atoms with Gasteiger partial charge in [0, 0.05) is 25.2 Å². The number of aromatic carboxylic acids is 1. The molecule has 0 bridgehead atoms. The molecule has 1 aliphatic rings. The molecule has 2 rings (SSSR count). The lowest BCUT2D eigenvalue weighted by molar-refractivity contribution is 0.0690. The van der Waals surface area contributed by atoms with E-state index in [-0.39, 0.29) is 5.69 Å². The van der Waals surface area contributed by atoms with Crippen molar-refractivity contribution in [3.63, 3.8) is 0 Å². The van der Waals surface area contributed by atoms with Crippen LogP contribution in [0.2, 0.25) is 0 Å². The lowest BCUT2D eigenvalue weighted by atomic mass is 10.1. The third-order valence-electron chi connectivity index (χ3n) is 3.67. The van der Waals surface area contributed by atoms with Crippen LogP contribution < -0.4 is 5.32 Å². The van der Waals surface area contributed by atoms with Crippen molar-refractivity contribution in [1.82, 2.24) is 9.88 Å². The maximum Gasteiger partial charge on any atom is 0.354 e. The number of pyridine rings is 1. The van der Waals surface area contributed by atoms with Crippen molar-refractivity contribution in [1.29, 1.82) is 0 Å². The fourth-order valence-electron chi connectivity index (χ4n) is 2.44. The minimum Gasteiger partial charge on any atom is -0.477 e. The molecule has 104 valence electrons. The first-order chi connectivity index (χ1) is 8.97. The summed E-state index contributed by atoms with van der Waals surface area (Å²) in [5.41, 5.74) is 0.0800. The lowest BCUT2D eigenvalue weighted by Gasteiger charge is -2.20. The van der Waals surface area contributed by atoms with Crippen LogP contribution in [-0.4, -0.2) is 46.1 Å². The highest BCUT2D eigenvalue weighted by Gasteiger charge is 2.30. The van der Waals surface area contributed by atoms with Gasteiger partial charge >= 0.3 is 5.97 Å². The molecule has 2 heterocycles. The van der Waals surface area contributed by atoms with Gasteiger partial charge in [0.05, 0.1) is 0 Å². The standard InChI is InChI=1S/C14H21N3O2/c1-9(2)17-7-10(3)12(8-17)16-13-6-4-5-11(15-13)14(18)19/h4-6,9-10,12H,7-8H2,1-3H3,(H,15,16)(H,18,19)/t10-,12-/m1/s1. The van der Waals surface area contributed by atoms with E-state index < -0.39 is 5.97 Å². The predicted octanol–water partition coefficient (Wildman–Crippen LogP) is 1.92. The smallest absolute Gasteiger partial charge is 0.354 e. The van der Waals surface area contributed by atoms with Gasteiger partial charge in [-0.15, -0.1) is 0 Å². The number of aromatic nitrogens is 1. The quantitative estimate of drug-likeness (QED) is 0.869. The highest BCUT2D eigenvalue weighted by atomic mass is 16.4. The minimum absolute atomic E-state index is 0.0800. The van der Waals surface area contributed by atoms with Gasteiger partial charge in [-0.25, -0.2) is 9.78 Å². The second-order valence-electron chi connectivity index (χ2n) is 5.49. The number of carboxylic acids is 1. The minimum atomic E-state index is -0.994. The number of nitrogens with zero attached hydrogens (tertiary/aromatic N) is 2. The first kappa shape index (κ1) is 13.8. The van der Waals surface area contributed by atoms with Crippen molar-refractivity contribution in [2.24, 2.45) is 5.92 Å². The third-order valence-corrected chi connectivity index (χ3v) is 3.67. The van der Waals surface area contributed by atoms with Gasteiger partial charge in [0.1, 0.15) is 5.82 Å². The summed E-state index contributed by atoms with van der Waals surface area (Å²) in [5.74, 6) is 0.173. The molecule has 0 amide bonds. The van der Waals surface area contributed by atoms with Crippen molar-refractivity contribution in [3.05, 3.63) is 23.9 Å². The molecule has 0 radical (unpaired) electrons. The van der Waals surface area contributed by atoms with E-state index in [1.54, 1.807) is 6.07 Å². The lowest BCUT2D eigenvalue weighted by Crippen LogP contribution is -2.31. The third kappa shape index (κ3) is 3.23. The van der Waals surface area contributed by atoms with Crippen LogP contribution in [0.5, 0.6) is 0 Å². The fourth-order valence-corrected chi connectivity index (χ4v) is 2.44. The predicted molar refractivity (Wildman–Crippen MR) is 74.5 cm³/mol. The Morgan fingerprint density at radius 3 is 2.79 bits per heavy atom. The molecule has 0 aromatic carbocycles.